The van der Waals surface area contributed by atoms with Gasteiger partial charge in [0.15, 0.2) is 11.6 Å². The molecular weight excluding hydrogens is 495 g/mol. The zero-order valence-electron chi connectivity index (χ0n) is 19.6. The lowest BCUT2D eigenvalue weighted by atomic mass is 10.1. The van der Waals surface area contributed by atoms with Crippen LogP contribution in [0.2, 0.25) is 0 Å². The van der Waals surface area contributed by atoms with Gasteiger partial charge in [-0.1, -0.05) is 30.3 Å². The standard InChI is InChI=1S/C24H27FN2O8S/c1-33-11-12-34-24(30)27-17-7-9-20(27)22(23(28)29)26(14-17)36(31,32)18-8-10-21(19(25)13-18)35-15-16-5-3-2-4-6-16/h2-6,8,10,13,17,20,22H,7,9,11-12,14-15H2,1H3,(H,28,29)/t17-,20?,22-/m1/s1. The van der Waals surface area contributed by atoms with Crippen molar-refractivity contribution in [3.63, 3.8) is 0 Å². The SMILES string of the molecule is COCCOC(=O)N1C2CC[C@@H]1CN(S(=O)(=O)c1ccc(OCc3ccccc3)c(F)c1)[C@H]2C(=O)O. The van der Waals surface area contributed by atoms with Gasteiger partial charge in [0.25, 0.3) is 0 Å². The van der Waals surface area contributed by atoms with Crippen LogP contribution in [0.15, 0.2) is 53.4 Å². The van der Waals surface area contributed by atoms with E-state index in [1.165, 1.54) is 24.1 Å². The summed E-state index contributed by atoms with van der Waals surface area (Å²) in [5.41, 5.74) is 0.812. The van der Waals surface area contributed by atoms with E-state index in [1.54, 1.807) is 0 Å². The molecule has 12 heteroatoms. The Morgan fingerprint density at radius 1 is 1.11 bits per heavy atom. The van der Waals surface area contributed by atoms with Crippen LogP contribution < -0.4 is 4.74 Å². The molecule has 36 heavy (non-hydrogen) atoms. The van der Waals surface area contributed by atoms with E-state index in [-0.39, 0.29) is 32.1 Å². The Kier molecular flexibility index (Phi) is 7.76. The number of hydrogen-bond acceptors (Lipinski definition) is 7. The van der Waals surface area contributed by atoms with Crippen LogP contribution in [0.1, 0.15) is 18.4 Å². The Morgan fingerprint density at radius 3 is 2.53 bits per heavy atom. The minimum atomic E-state index is -4.40. The first-order chi connectivity index (χ1) is 17.2. The van der Waals surface area contributed by atoms with Crippen molar-refractivity contribution >= 4 is 22.1 Å². The Labute approximate surface area is 208 Å². The second kappa shape index (κ2) is 10.8. The van der Waals surface area contributed by atoms with E-state index in [0.717, 1.165) is 15.9 Å². The number of aliphatic carboxylic acids is 1. The molecule has 2 fully saturated rings. The summed E-state index contributed by atoms with van der Waals surface area (Å²) in [5, 5.41) is 9.93. The Balaban J connectivity index is 1.54. The highest BCUT2D eigenvalue weighted by Gasteiger charge is 2.55. The van der Waals surface area contributed by atoms with Gasteiger partial charge in [-0.05, 0) is 36.6 Å². The molecule has 194 valence electrons. The highest BCUT2D eigenvalue weighted by Crippen LogP contribution is 2.38. The van der Waals surface area contributed by atoms with Gasteiger partial charge in [0.05, 0.1) is 17.5 Å². The molecular formula is C24H27FN2O8S. The number of ether oxygens (including phenoxy) is 3. The van der Waals surface area contributed by atoms with E-state index in [9.17, 15) is 27.5 Å². The van der Waals surface area contributed by atoms with E-state index >= 15 is 0 Å². The van der Waals surface area contributed by atoms with Gasteiger partial charge in [0, 0.05) is 19.7 Å². The van der Waals surface area contributed by atoms with Crippen molar-refractivity contribution in [1.29, 1.82) is 0 Å². The number of halogens is 1. The summed E-state index contributed by atoms with van der Waals surface area (Å²) in [4.78, 5) is 25.7. The normalized spacial score (nSPS) is 21.8. The number of methoxy groups -OCH3 is 1. The van der Waals surface area contributed by atoms with Crippen LogP contribution in [-0.4, -0.2) is 79.8 Å². The molecule has 2 bridgehead atoms. The molecule has 4 rings (SSSR count). The number of fused-ring (bicyclic) bond motifs is 2. The first-order valence-electron chi connectivity index (χ1n) is 11.4. The minimum Gasteiger partial charge on any atom is -0.486 e. The van der Waals surface area contributed by atoms with Gasteiger partial charge in [-0.25, -0.2) is 17.6 Å². The van der Waals surface area contributed by atoms with Crippen molar-refractivity contribution in [3.05, 3.63) is 59.9 Å². The fourth-order valence-electron chi connectivity index (χ4n) is 4.65. The van der Waals surface area contributed by atoms with Gasteiger partial charge in [-0.3, -0.25) is 9.69 Å². The number of benzene rings is 2. The highest BCUT2D eigenvalue weighted by molar-refractivity contribution is 7.89. The average molecular weight is 523 g/mol. The average Bonchev–Trinajstić information content (AvgIpc) is 3.16. The number of nitrogens with zero attached hydrogens (tertiary/aromatic N) is 2. The van der Waals surface area contributed by atoms with Gasteiger partial charge < -0.3 is 19.3 Å². The fourth-order valence-corrected chi connectivity index (χ4v) is 6.31. The second-order valence-electron chi connectivity index (χ2n) is 8.54. The number of rotatable bonds is 9. The molecule has 2 aromatic carbocycles. The molecule has 1 N–H and O–H groups in total. The number of piperazine rings is 1. The third-order valence-corrected chi connectivity index (χ3v) is 8.18. The summed E-state index contributed by atoms with van der Waals surface area (Å²) in [7, 11) is -2.95. The third-order valence-electron chi connectivity index (χ3n) is 6.34. The molecule has 0 spiro atoms. The van der Waals surface area contributed by atoms with E-state index in [4.69, 9.17) is 14.2 Å². The van der Waals surface area contributed by atoms with Gasteiger partial charge in [0.2, 0.25) is 10.0 Å². The second-order valence-corrected chi connectivity index (χ2v) is 10.4. The van der Waals surface area contributed by atoms with Gasteiger partial charge in [0.1, 0.15) is 19.3 Å². The van der Waals surface area contributed by atoms with Crippen LogP contribution in [0.3, 0.4) is 0 Å². The molecule has 2 aromatic rings. The Bertz CT molecular complexity index is 1210. The summed E-state index contributed by atoms with van der Waals surface area (Å²) in [5.74, 6) is -2.42. The van der Waals surface area contributed by atoms with Crippen molar-refractivity contribution in [2.75, 3.05) is 26.9 Å². The number of amides is 1. The van der Waals surface area contributed by atoms with Crippen molar-refractivity contribution in [3.8, 4) is 5.75 Å². The number of carboxylic acids is 1. The fraction of sp³-hybridized carbons (Fsp3) is 0.417. The third kappa shape index (κ3) is 5.15. The Hall–Kier alpha value is -3.22. The predicted molar refractivity (Wildman–Crippen MR) is 124 cm³/mol. The van der Waals surface area contributed by atoms with Gasteiger partial charge in [-0.2, -0.15) is 4.31 Å². The number of hydrogen-bond donors (Lipinski definition) is 1. The molecule has 2 heterocycles. The van der Waals surface area contributed by atoms with E-state index in [1.807, 2.05) is 30.3 Å². The lowest BCUT2D eigenvalue weighted by molar-refractivity contribution is -0.145. The molecule has 1 amide bonds. The number of sulfonamides is 1. The first-order valence-corrected chi connectivity index (χ1v) is 12.8. The smallest absolute Gasteiger partial charge is 0.410 e. The van der Waals surface area contributed by atoms with E-state index in [0.29, 0.717) is 12.8 Å². The zero-order chi connectivity index (χ0) is 25.9. The van der Waals surface area contributed by atoms with Crippen molar-refractivity contribution < 1.29 is 41.7 Å². The molecule has 2 saturated heterocycles. The molecule has 3 atom stereocenters. The predicted octanol–water partition coefficient (Wildman–Crippen LogP) is 2.48. The first kappa shape index (κ1) is 25.9. The number of carbonyl (C=O) groups excluding carboxylic acids is 1. The van der Waals surface area contributed by atoms with Crippen LogP contribution in [0.5, 0.6) is 5.75 Å². The van der Waals surface area contributed by atoms with Crippen molar-refractivity contribution in [2.24, 2.45) is 0 Å². The number of carboxylic acid groups (broad SMARTS) is 1. The molecule has 0 saturated carbocycles. The summed E-state index contributed by atoms with van der Waals surface area (Å²) in [6, 6.07) is 9.29. The highest BCUT2D eigenvalue weighted by atomic mass is 32.2. The minimum absolute atomic E-state index is 0.0109. The van der Waals surface area contributed by atoms with Crippen LogP contribution >= 0.6 is 0 Å². The van der Waals surface area contributed by atoms with E-state index in [2.05, 4.69) is 0 Å². The summed E-state index contributed by atoms with van der Waals surface area (Å²) in [6.07, 6.45) is 0.00233. The summed E-state index contributed by atoms with van der Waals surface area (Å²) >= 11 is 0. The van der Waals surface area contributed by atoms with Crippen LogP contribution in [0.25, 0.3) is 0 Å². The molecule has 2 aliphatic rings. The quantitative estimate of drug-likeness (QED) is 0.499. The molecule has 0 radical (unpaired) electrons. The molecule has 0 aromatic heterocycles. The Morgan fingerprint density at radius 2 is 1.86 bits per heavy atom. The monoisotopic (exact) mass is 522 g/mol. The molecule has 1 unspecified atom stereocenters. The molecule has 0 aliphatic carbocycles. The van der Waals surface area contributed by atoms with E-state index < -0.39 is 50.9 Å². The summed E-state index contributed by atoms with van der Waals surface area (Å²) < 4.78 is 58.0. The van der Waals surface area contributed by atoms with Crippen LogP contribution in [0.4, 0.5) is 9.18 Å². The zero-order valence-corrected chi connectivity index (χ0v) is 20.4. The maximum Gasteiger partial charge on any atom is 0.410 e. The summed E-state index contributed by atoms with van der Waals surface area (Å²) in [6.45, 7) is 0.0111. The maximum atomic E-state index is 14.8. The number of carbonyl (C=O) groups is 2. The van der Waals surface area contributed by atoms with Crippen LogP contribution in [-0.2, 0) is 30.9 Å². The molecule has 10 nitrogen and oxygen atoms in total. The topological polar surface area (TPSA) is 123 Å². The largest absolute Gasteiger partial charge is 0.486 e. The lowest BCUT2D eigenvalue weighted by Crippen LogP contribution is -2.64. The van der Waals surface area contributed by atoms with Crippen molar-refractivity contribution in [2.45, 2.75) is 42.5 Å². The van der Waals surface area contributed by atoms with Gasteiger partial charge in [-0.15, -0.1) is 0 Å². The van der Waals surface area contributed by atoms with Crippen LogP contribution in [0, 0.1) is 5.82 Å². The van der Waals surface area contributed by atoms with Crippen molar-refractivity contribution in [1.82, 2.24) is 9.21 Å². The van der Waals surface area contributed by atoms with Gasteiger partial charge >= 0.3 is 12.1 Å². The maximum absolute atomic E-state index is 14.8. The molecule has 2 aliphatic heterocycles. The lowest BCUT2D eigenvalue weighted by Gasteiger charge is -2.43.